The fourth-order valence-corrected chi connectivity index (χ4v) is 2.78. The second-order valence-corrected chi connectivity index (χ2v) is 6.49. The number of amides is 1. The zero-order chi connectivity index (χ0) is 19.3. The number of carbonyl (C=O) groups is 2. The maximum absolute atomic E-state index is 13.2. The smallest absolute Gasteiger partial charge is 0.326 e. The van der Waals surface area contributed by atoms with E-state index in [1.807, 2.05) is 20.8 Å². The van der Waals surface area contributed by atoms with Crippen LogP contribution in [-0.2, 0) is 4.79 Å². The van der Waals surface area contributed by atoms with E-state index in [4.69, 9.17) is 0 Å². The molecule has 1 amide bonds. The average Bonchev–Trinajstić information content (AvgIpc) is 3.04. The van der Waals surface area contributed by atoms with Gasteiger partial charge >= 0.3 is 5.97 Å². The SMILES string of the molecule is CCCCC(NC(=O)c1cnn(-c2ccc(F)cc2)c1C(C)C)C(=O)O. The van der Waals surface area contributed by atoms with Crippen LogP contribution in [0.3, 0.4) is 0 Å². The van der Waals surface area contributed by atoms with Crippen molar-refractivity contribution in [3.8, 4) is 5.69 Å². The first-order valence-electron chi connectivity index (χ1n) is 8.72. The molecule has 0 saturated carbocycles. The van der Waals surface area contributed by atoms with E-state index in [1.54, 1.807) is 16.8 Å². The van der Waals surface area contributed by atoms with E-state index in [2.05, 4.69) is 10.4 Å². The number of aromatic nitrogens is 2. The molecule has 0 spiro atoms. The van der Waals surface area contributed by atoms with E-state index in [-0.39, 0.29) is 11.7 Å². The van der Waals surface area contributed by atoms with Gasteiger partial charge in [-0.05, 0) is 36.6 Å². The summed E-state index contributed by atoms with van der Waals surface area (Å²) in [5, 5.41) is 16.2. The summed E-state index contributed by atoms with van der Waals surface area (Å²) in [6, 6.07) is 4.88. The highest BCUT2D eigenvalue weighted by Crippen LogP contribution is 2.23. The summed E-state index contributed by atoms with van der Waals surface area (Å²) in [5.74, 6) is -1.91. The Balaban J connectivity index is 2.32. The van der Waals surface area contributed by atoms with Crippen LogP contribution in [0.15, 0.2) is 30.5 Å². The maximum Gasteiger partial charge on any atom is 0.326 e. The van der Waals surface area contributed by atoms with Crippen molar-refractivity contribution in [2.45, 2.75) is 52.0 Å². The van der Waals surface area contributed by atoms with Crippen LogP contribution in [0.2, 0.25) is 0 Å². The molecule has 0 aliphatic heterocycles. The molecule has 7 heteroatoms. The summed E-state index contributed by atoms with van der Waals surface area (Å²) in [6.07, 6.45) is 3.36. The number of carboxylic acids is 1. The molecule has 140 valence electrons. The fourth-order valence-electron chi connectivity index (χ4n) is 2.78. The van der Waals surface area contributed by atoms with Crippen LogP contribution in [0.5, 0.6) is 0 Å². The monoisotopic (exact) mass is 361 g/mol. The van der Waals surface area contributed by atoms with Gasteiger partial charge in [0, 0.05) is 0 Å². The molecule has 6 nitrogen and oxygen atoms in total. The van der Waals surface area contributed by atoms with Gasteiger partial charge in [0.05, 0.1) is 23.1 Å². The fraction of sp³-hybridized carbons (Fsp3) is 0.421. The number of hydrogen-bond donors (Lipinski definition) is 2. The molecule has 1 heterocycles. The molecule has 0 fully saturated rings. The first kappa shape index (κ1) is 19.6. The largest absolute Gasteiger partial charge is 0.480 e. The molecular formula is C19H24FN3O3. The molecule has 1 aromatic carbocycles. The highest BCUT2D eigenvalue weighted by molar-refractivity contribution is 5.97. The zero-order valence-electron chi connectivity index (χ0n) is 15.2. The van der Waals surface area contributed by atoms with Gasteiger partial charge in [-0.25, -0.2) is 13.9 Å². The van der Waals surface area contributed by atoms with Crippen LogP contribution in [0.1, 0.15) is 62.0 Å². The third kappa shape index (κ3) is 4.47. The molecule has 26 heavy (non-hydrogen) atoms. The van der Waals surface area contributed by atoms with Crippen molar-refractivity contribution < 1.29 is 19.1 Å². The molecule has 2 N–H and O–H groups in total. The van der Waals surface area contributed by atoms with Gasteiger partial charge in [-0.1, -0.05) is 33.6 Å². The lowest BCUT2D eigenvalue weighted by molar-refractivity contribution is -0.139. The van der Waals surface area contributed by atoms with E-state index >= 15 is 0 Å². The molecule has 1 aromatic heterocycles. The van der Waals surface area contributed by atoms with Crippen LogP contribution in [0, 0.1) is 5.82 Å². The molecule has 0 aliphatic carbocycles. The molecule has 1 unspecified atom stereocenters. The third-order valence-electron chi connectivity index (χ3n) is 4.12. The molecule has 2 rings (SSSR count). The molecular weight excluding hydrogens is 337 g/mol. The molecule has 0 aliphatic rings. The Morgan fingerprint density at radius 1 is 1.27 bits per heavy atom. The Bertz CT molecular complexity index is 769. The summed E-state index contributed by atoms with van der Waals surface area (Å²) in [7, 11) is 0. The van der Waals surface area contributed by atoms with Crippen LogP contribution >= 0.6 is 0 Å². The number of unbranched alkanes of at least 4 members (excludes halogenated alkanes) is 1. The van der Waals surface area contributed by atoms with Crippen molar-refractivity contribution in [3.05, 3.63) is 47.5 Å². The van der Waals surface area contributed by atoms with Crippen molar-refractivity contribution in [1.82, 2.24) is 15.1 Å². The van der Waals surface area contributed by atoms with E-state index < -0.39 is 17.9 Å². The summed E-state index contributed by atoms with van der Waals surface area (Å²) in [6.45, 7) is 5.80. The van der Waals surface area contributed by atoms with Gasteiger partial charge in [0.2, 0.25) is 0 Å². The number of aliphatic carboxylic acids is 1. The Kier molecular flexibility index (Phi) is 6.49. The van der Waals surface area contributed by atoms with Crippen molar-refractivity contribution >= 4 is 11.9 Å². The number of carboxylic acid groups (broad SMARTS) is 1. The van der Waals surface area contributed by atoms with Gasteiger partial charge in [0.25, 0.3) is 5.91 Å². The van der Waals surface area contributed by atoms with Crippen LogP contribution in [-0.4, -0.2) is 32.8 Å². The molecule has 1 atom stereocenters. The minimum absolute atomic E-state index is 0.0396. The van der Waals surface area contributed by atoms with E-state index in [1.165, 1.54) is 18.3 Å². The topological polar surface area (TPSA) is 84.2 Å². The van der Waals surface area contributed by atoms with Crippen molar-refractivity contribution in [3.63, 3.8) is 0 Å². The predicted octanol–water partition coefficient (Wildman–Crippen LogP) is 3.51. The van der Waals surface area contributed by atoms with Crippen LogP contribution < -0.4 is 5.32 Å². The zero-order valence-corrected chi connectivity index (χ0v) is 15.2. The minimum atomic E-state index is -1.05. The summed E-state index contributed by atoms with van der Waals surface area (Å²) >= 11 is 0. The average molecular weight is 361 g/mol. The number of halogens is 1. The van der Waals surface area contributed by atoms with Gasteiger partial charge in [-0.2, -0.15) is 5.10 Å². The number of rotatable bonds is 8. The number of carbonyl (C=O) groups excluding carboxylic acids is 1. The number of nitrogens with zero attached hydrogens (tertiary/aromatic N) is 2. The quantitative estimate of drug-likeness (QED) is 0.754. The van der Waals surface area contributed by atoms with Crippen molar-refractivity contribution in [1.29, 1.82) is 0 Å². The predicted molar refractivity (Wildman–Crippen MR) is 96.0 cm³/mol. The standard InChI is InChI=1S/C19H24FN3O3/c1-4-5-6-16(19(25)26)22-18(24)15-11-21-23(17(15)12(2)3)14-9-7-13(20)8-10-14/h7-12,16H,4-6H2,1-3H3,(H,22,24)(H,25,26). The summed E-state index contributed by atoms with van der Waals surface area (Å²) in [5.41, 5.74) is 1.61. The second-order valence-electron chi connectivity index (χ2n) is 6.49. The summed E-state index contributed by atoms with van der Waals surface area (Å²) in [4.78, 5) is 24.0. The lowest BCUT2D eigenvalue weighted by atomic mass is 10.0. The Morgan fingerprint density at radius 2 is 1.92 bits per heavy atom. The third-order valence-corrected chi connectivity index (χ3v) is 4.12. The number of nitrogens with one attached hydrogen (secondary N) is 1. The van der Waals surface area contributed by atoms with Crippen molar-refractivity contribution in [2.75, 3.05) is 0 Å². The van der Waals surface area contributed by atoms with Crippen molar-refractivity contribution in [2.24, 2.45) is 0 Å². The Hall–Kier alpha value is -2.70. The van der Waals surface area contributed by atoms with E-state index in [0.717, 1.165) is 6.42 Å². The highest BCUT2D eigenvalue weighted by Gasteiger charge is 2.25. The minimum Gasteiger partial charge on any atom is -0.480 e. The summed E-state index contributed by atoms with van der Waals surface area (Å²) < 4.78 is 14.8. The molecule has 0 radical (unpaired) electrons. The maximum atomic E-state index is 13.2. The van der Waals surface area contributed by atoms with Gasteiger partial charge < -0.3 is 10.4 Å². The Labute approximate surface area is 152 Å². The molecule has 0 bridgehead atoms. The molecule has 2 aromatic rings. The first-order chi connectivity index (χ1) is 12.3. The number of hydrogen-bond acceptors (Lipinski definition) is 3. The normalized spacial score (nSPS) is 12.2. The number of benzene rings is 1. The van der Waals surface area contributed by atoms with Crippen LogP contribution in [0.4, 0.5) is 4.39 Å². The lowest BCUT2D eigenvalue weighted by Crippen LogP contribution is -2.41. The first-order valence-corrected chi connectivity index (χ1v) is 8.72. The van der Waals surface area contributed by atoms with E-state index in [9.17, 15) is 19.1 Å². The van der Waals surface area contributed by atoms with Gasteiger partial charge in [-0.15, -0.1) is 0 Å². The van der Waals surface area contributed by atoms with E-state index in [0.29, 0.717) is 29.8 Å². The van der Waals surface area contributed by atoms with Gasteiger partial charge in [0.1, 0.15) is 11.9 Å². The van der Waals surface area contributed by atoms with Gasteiger partial charge in [-0.3, -0.25) is 4.79 Å². The highest BCUT2D eigenvalue weighted by atomic mass is 19.1. The Morgan fingerprint density at radius 3 is 2.46 bits per heavy atom. The van der Waals surface area contributed by atoms with Crippen LogP contribution in [0.25, 0.3) is 5.69 Å². The molecule has 0 saturated heterocycles. The lowest BCUT2D eigenvalue weighted by Gasteiger charge is -2.16. The second kappa shape index (κ2) is 8.60. The van der Waals surface area contributed by atoms with Gasteiger partial charge in [0.15, 0.2) is 0 Å².